The van der Waals surface area contributed by atoms with Crippen molar-refractivity contribution in [2.24, 2.45) is 17.4 Å². The molecule has 1 aromatic rings. The van der Waals surface area contributed by atoms with Gasteiger partial charge in [-0.1, -0.05) is 13.8 Å². The minimum absolute atomic E-state index is 0. The van der Waals surface area contributed by atoms with Crippen LogP contribution in [-0.4, -0.2) is 24.4 Å². The minimum Gasteiger partial charge on any atom is -0.366 e. The number of hydrogen-bond acceptors (Lipinski definition) is 3. The van der Waals surface area contributed by atoms with Gasteiger partial charge in [0.2, 0.25) is 5.91 Å². The number of nitrogens with two attached hydrogens (primary N) is 2. The first-order valence-corrected chi connectivity index (χ1v) is 6.34. The van der Waals surface area contributed by atoms with E-state index in [1.165, 1.54) is 12.1 Å². The van der Waals surface area contributed by atoms with Gasteiger partial charge < -0.3 is 16.8 Å². The van der Waals surface area contributed by atoms with Crippen LogP contribution in [-0.2, 0) is 0 Å². The molecule has 0 aliphatic carbocycles. The van der Waals surface area contributed by atoms with E-state index in [0.717, 1.165) is 6.42 Å². The van der Waals surface area contributed by atoms with Crippen LogP contribution in [0.15, 0.2) is 24.3 Å². The third-order valence-electron chi connectivity index (χ3n) is 2.81. The molecule has 0 fully saturated rings. The second-order valence-corrected chi connectivity index (χ2v) is 4.98. The fourth-order valence-electron chi connectivity index (χ4n) is 1.84. The number of nitrogens with one attached hydrogen (secondary N) is 1. The molecule has 0 aliphatic rings. The topological polar surface area (TPSA) is 98.2 Å². The van der Waals surface area contributed by atoms with E-state index in [4.69, 9.17) is 11.5 Å². The molecule has 0 radical (unpaired) electrons. The summed E-state index contributed by atoms with van der Waals surface area (Å²) in [6, 6.07) is 6.20. The lowest BCUT2D eigenvalue weighted by atomic mass is 10.0. The summed E-state index contributed by atoms with van der Waals surface area (Å²) >= 11 is 0. The van der Waals surface area contributed by atoms with Gasteiger partial charge >= 0.3 is 0 Å². The second kappa shape index (κ2) is 8.55. The van der Waals surface area contributed by atoms with Crippen LogP contribution in [0.4, 0.5) is 0 Å². The number of benzene rings is 1. The van der Waals surface area contributed by atoms with Gasteiger partial charge in [-0.05, 0) is 36.6 Å². The van der Waals surface area contributed by atoms with Crippen LogP contribution >= 0.6 is 12.4 Å². The quantitative estimate of drug-likeness (QED) is 0.738. The lowest BCUT2D eigenvalue weighted by Crippen LogP contribution is -2.41. The predicted molar refractivity (Wildman–Crippen MR) is 82.0 cm³/mol. The van der Waals surface area contributed by atoms with Crippen LogP contribution in [0.1, 0.15) is 41.0 Å². The maximum atomic E-state index is 12.0. The van der Waals surface area contributed by atoms with E-state index < -0.39 is 5.91 Å². The second-order valence-electron chi connectivity index (χ2n) is 4.98. The molecular weight excluding hydrogens is 278 g/mol. The molecule has 0 spiro atoms. The monoisotopic (exact) mass is 299 g/mol. The predicted octanol–water partition coefficient (Wildman–Crippen LogP) is 1.31. The Morgan fingerprint density at radius 2 is 1.65 bits per heavy atom. The molecule has 5 N–H and O–H groups in total. The average Bonchev–Trinajstić information content (AvgIpc) is 2.37. The van der Waals surface area contributed by atoms with Gasteiger partial charge in [-0.3, -0.25) is 9.59 Å². The van der Waals surface area contributed by atoms with Gasteiger partial charge in [0.25, 0.3) is 5.91 Å². The van der Waals surface area contributed by atoms with Crippen molar-refractivity contribution in [1.82, 2.24) is 5.32 Å². The first-order valence-electron chi connectivity index (χ1n) is 6.34. The van der Waals surface area contributed by atoms with Gasteiger partial charge in [-0.15, -0.1) is 12.4 Å². The molecular formula is C14H22ClN3O2. The summed E-state index contributed by atoms with van der Waals surface area (Å²) in [6.45, 7) is 4.57. The number of halogens is 1. The van der Waals surface area contributed by atoms with Crippen LogP contribution in [0.5, 0.6) is 0 Å². The largest absolute Gasteiger partial charge is 0.366 e. The van der Waals surface area contributed by atoms with Crippen molar-refractivity contribution >= 4 is 24.2 Å². The van der Waals surface area contributed by atoms with Crippen molar-refractivity contribution < 1.29 is 9.59 Å². The maximum absolute atomic E-state index is 12.0. The van der Waals surface area contributed by atoms with Gasteiger partial charge in [0.05, 0.1) is 0 Å². The van der Waals surface area contributed by atoms with Crippen molar-refractivity contribution in [3.63, 3.8) is 0 Å². The molecule has 0 saturated carbocycles. The highest BCUT2D eigenvalue weighted by atomic mass is 35.5. The van der Waals surface area contributed by atoms with Gasteiger partial charge in [0.1, 0.15) is 0 Å². The third-order valence-corrected chi connectivity index (χ3v) is 2.81. The van der Waals surface area contributed by atoms with E-state index in [0.29, 0.717) is 23.6 Å². The van der Waals surface area contributed by atoms with Gasteiger partial charge in [0.15, 0.2) is 0 Å². The Hall–Kier alpha value is -1.59. The molecule has 0 aliphatic heterocycles. The highest BCUT2D eigenvalue weighted by Gasteiger charge is 2.14. The minimum atomic E-state index is -0.508. The molecule has 2 amide bonds. The zero-order valence-corrected chi connectivity index (χ0v) is 12.6. The molecule has 1 atom stereocenters. The molecule has 6 heteroatoms. The van der Waals surface area contributed by atoms with Crippen molar-refractivity contribution in [3.05, 3.63) is 35.4 Å². The molecule has 0 saturated heterocycles. The van der Waals surface area contributed by atoms with Crippen LogP contribution in [0.2, 0.25) is 0 Å². The summed E-state index contributed by atoms with van der Waals surface area (Å²) < 4.78 is 0. The molecule has 1 aromatic carbocycles. The molecule has 1 rings (SSSR count). The SMILES string of the molecule is CC(C)CC(CN)NC(=O)c1ccc(C(N)=O)cc1.Cl. The Bertz CT molecular complexity index is 446. The zero-order chi connectivity index (χ0) is 14.4. The number of hydrogen-bond donors (Lipinski definition) is 3. The molecule has 0 aromatic heterocycles. The molecule has 112 valence electrons. The fraction of sp³-hybridized carbons (Fsp3) is 0.429. The number of primary amides is 1. The maximum Gasteiger partial charge on any atom is 0.251 e. The Kier molecular flexibility index (Phi) is 7.87. The number of carbonyl (C=O) groups excluding carboxylic acids is 2. The van der Waals surface area contributed by atoms with Gasteiger partial charge in [0, 0.05) is 23.7 Å². The summed E-state index contributed by atoms with van der Waals surface area (Å²) in [5.41, 5.74) is 11.7. The van der Waals surface area contributed by atoms with E-state index in [-0.39, 0.29) is 24.4 Å². The van der Waals surface area contributed by atoms with Crippen molar-refractivity contribution in [2.45, 2.75) is 26.3 Å². The van der Waals surface area contributed by atoms with E-state index in [1.54, 1.807) is 12.1 Å². The average molecular weight is 300 g/mol. The highest BCUT2D eigenvalue weighted by Crippen LogP contribution is 2.07. The highest BCUT2D eigenvalue weighted by molar-refractivity contribution is 5.97. The van der Waals surface area contributed by atoms with Crippen LogP contribution in [0.3, 0.4) is 0 Å². The number of rotatable bonds is 6. The summed E-state index contributed by atoms with van der Waals surface area (Å²) in [5.74, 6) is -0.232. The Morgan fingerprint density at radius 3 is 2.05 bits per heavy atom. The Labute approximate surface area is 125 Å². The van der Waals surface area contributed by atoms with E-state index in [2.05, 4.69) is 19.2 Å². The molecule has 5 nitrogen and oxygen atoms in total. The first kappa shape index (κ1) is 18.4. The summed E-state index contributed by atoms with van der Waals surface area (Å²) in [5, 5.41) is 2.88. The van der Waals surface area contributed by atoms with Crippen LogP contribution < -0.4 is 16.8 Å². The Balaban J connectivity index is 0.00000361. The lowest BCUT2D eigenvalue weighted by Gasteiger charge is -2.18. The van der Waals surface area contributed by atoms with Crippen LogP contribution in [0.25, 0.3) is 0 Å². The number of carbonyl (C=O) groups is 2. The smallest absolute Gasteiger partial charge is 0.251 e. The van der Waals surface area contributed by atoms with E-state index in [9.17, 15) is 9.59 Å². The molecule has 0 heterocycles. The van der Waals surface area contributed by atoms with Gasteiger partial charge in [-0.25, -0.2) is 0 Å². The summed E-state index contributed by atoms with van der Waals surface area (Å²) in [7, 11) is 0. The van der Waals surface area contributed by atoms with E-state index >= 15 is 0 Å². The summed E-state index contributed by atoms with van der Waals surface area (Å²) in [6.07, 6.45) is 0.835. The normalized spacial score (nSPS) is 11.6. The standard InChI is InChI=1S/C14H21N3O2.ClH/c1-9(2)7-12(8-15)17-14(19)11-5-3-10(4-6-11)13(16)18;/h3-6,9,12H,7-8,15H2,1-2H3,(H2,16,18)(H,17,19);1H. The fourth-order valence-corrected chi connectivity index (χ4v) is 1.84. The van der Waals surface area contributed by atoms with Crippen molar-refractivity contribution in [1.29, 1.82) is 0 Å². The third kappa shape index (κ3) is 5.59. The summed E-state index contributed by atoms with van der Waals surface area (Å²) in [4.78, 5) is 22.9. The molecule has 20 heavy (non-hydrogen) atoms. The van der Waals surface area contributed by atoms with E-state index in [1.807, 2.05) is 0 Å². The number of amides is 2. The molecule has 0 bridgehead atoms. The Morgan fingerprint density at radius 1 is 1.15 bits per heavy atom. The zero-order valence-electron chi connectivity index (χ0n) is 11.8. The van der Waals surface area contributed by atoms with Gasteiger partial charge in [-0.2, -0.15) is 0 Å². The van der Waals surface area contributed by atoms with Crippen LogP contribution in [0, 0.1) is 5.92 Å². The van der Waals surface area contributed by atoms with Crippen molar-refractivity contribution in [2.75, 3.05) is 6.54 Å². The van der Waals surface area contributed by atoms with Crippen molar-refractivity contribution in [3.8, 4) is 0 Å². The lowest BCUT2D eigenvalue weighted by molar-refractivity contribution is 0.0931. The molecule has 1 unspecified atom stereocenters. The first-order chi connectivity index (χ1) is 8.93.